The van der Waals surface area contributed by atoms with Gasteiger partial charge in [0.25, 0.3) is 0 Å². The van der Waals surface area contributed by atoms with Gasteiger partial charge >= 0.3 is 0 Å². The fourth-order valence-corrected chi connectivity index (χ4v) is 1.58. The molecule has 0 saturated heterocycles. The molecule has 72 valence electrons. The fraction of sp³-hybridized carbons (Fsp3) is 0.100. The predicted molar refractivity (Wildman–Crippen MR) is 64.2 cm³/mol. The number of benzene rings is 1. The summed E-state index contributed by atoms with van der Waals surface area (Å²) in [7, 11) is 0. The summed E-state index contributed by atoms with van der Waals surface area (Å²) < 4.78 is 3.20. The number of nitrogens with zero attached hydrogens (tertiary/aromatic N) is 2. The van der Waals surface area contributed by atoms with E-state index in [4.69, 9.17) is 5.73 Å². The molecule has 0 bridgehead atoms. The van der Waals surface area contributed by atoms with Gasteiger partial charge in [-0.2, -0.15) is 0 Å². The van der Waals surface area contributed by atoms with Gasteiger partial charge in [-0.25, -0.2) is 4.98 Å². The van der Waals surface area contributed by atoms with Crippen molar-refractivity contribution >= 4 is 22.6 Å². The Morgan fingerprint density at radius 3 is 2.57 bits per heavy atom. The van der Waals surface area contributed by atoms with E-state index in [0.717, 1.165) is 11.4 Å². The molecule has 2 rings (SSSR count). The molecule has 1 heterocycles. The van der Waals surface area contributed by atoms with Crippen LogP contribution in [-0.4, -0.2) is 9.55 Å². The number of halogens is 1. The first-order valence-electron chi connectivity index (χ1n) is 4.28. The molecule has 0 spiro atoms. The molecule has 1 aromatic carbocycles. The number of hydrogen-bond donors (Lipinski definition) is 1. The van der Waals surface area contributed by atoms with Crippen LogP contribution < -0.4 is 5.73 Å². The molecule has 4 heteroatoms. The van der Waals surface area contributed by atoms with E-state index in [0.29, 0.717) is 6.54 Å². The van der Waals surface area contributed by atoms with Crippen LogP contribution in [0.1, 0.15) is 5.69 Å². The van der Waals surface area contributed by atoms with E-state index in [1.54, 1.807) is 6.33 Å². The summed E-state index contributed by atoms with van der Waals surface area (Å²) in [4.78, 5) is 4.17. The molecule has 0 aliphatic heterocycles. The minimum atomic E-state index is 0.484. The van der Waals surface area contributed by atoms with E-state index in [-0.39, 0.29) is 0 Å². The average molecular weight is 299 g/mol. The van der Waals surface area contributed by atoms with E-state index in [1.807, 2.05) is 10.8 Å². The molecule has 0 atom stereocenters. The van der Waals surface area contributed by atoms with Gasteiger partial charge < -0.3 is 10.3 Å². The number of hydrogen-bond acceptors (Lipinski definition) is 2. The molecule has 0 radical (unpaired) electrons. The number of nitrogens with two attached hydrogens (primary N) is 1. The van der Waals surface area contributed by atoms with Crippen LogP contribution in [0.2, 0.25) is 0 Å². The third kappa shape index (κ3) is 1.96. The Balaban J connectivity index is 2.34. The maximum atomic E-state index is 5.49. The van der Waals surface area contributed by atoms with Crippen LogP contribution in [0.5, 0.6) is 0 Å². The monoisotopic (exact) mass is 299 g/mol. The smallest absolute Gasteiger partial charge is 0.0995 e. The number of aromatic nitrogens is 2. The molecular formula is C10H10IN3. The van der Waals surface area contributed by atoms with Gasteiger partial charge in [0.05, 0.1) is 12.0 Å². The summed E-state index contributed by atoms with van der Waals surface area (Å²) in [6.07, 6.45) is 3.73. The second-order valence-electron chi connectivity index (χ2n) is 2.95. The Labute approximate surface area is 96.1 Å². The van der Waals surface area contributed by atoms with Crippen LogP contribution in [0.15, 0.2) is 36.8 Å². The molecule has 2 aromatic rings. The largest absolute Gasteiger partial charge is 0.325 e. The van der Waals surface area contributed by atoms with Crippen LogP contribution in [0.3, 0.4) is 0 Å². The molecule has 14 heavy (non-hydrogen) atoms. The highest BCUT2D eigenvalue weighted by Crippen LogP contribution is 2.11. The van der Waals surface area contributed by atoms with Crippen LogP contribution >= 0.6 is 22.6 Å². The van der Waals surface area contributed by atoms with E-state index in [9.17, 15) is 0 Å². The van der Waals surface area contributed by atoms with Gasteiger partial charge in [-0.05, 0) is 46.9 Å². The Hall–Kier alpha value is -0.880. The first-order valence-corrected chi connectivity index (χ1v) is 5.36. The van der Waals surface area contributed by atoms with Crippen molar-refractivity contribution in [2.24, 2.45) is 5.73 Å². The second-order valence-corrected chi connectivity index (χ2v) is 4.20. The Morgan fingerprint density at radius 2 is 2.00 bits per heavy atom. The SMILES string of the molecule is NCc1cn(-c2ccc(I)cc2)cn1. The molecule has 0 fully saturated rings. The summed E-state index contributed by atoms with van der Waals surface area (Å²) in [6, 6.07) is 8.25. The van der Waals surface area contributed by atoms with Gasteiger partial charge in [0, 0.05) is 22.0 Å². The third-order valence-electron chi connectivity index (χ3n) is 1.97. The maximum Gasteiger partial charge on any atom is 0.0995 e. The van der Waals surface area contributed by atoms with Crippen molar-refractivity contribution in [3.63, 3.8) is 0 Å². The molecule has 2 N–H and O–H groups in total. The summed E-state index contributed by atoms with van der Waals surface area (Å²) in [5.41, 5.74) is 7.50. The zero-order chi connectivity index (χ0) is 9.97. The Kier molecular flexibility index (Phi) is 2.83. The number of imidazole rings is 1. The summed E-state index contributed by atoms with van der Waals surface area (Å²) >= 11 is 2.28. The number of rotatable bonds is 2. The van der Waals surface area contributed by atoms with E-state index >= 15 is 0 Å². The van der Waals surface area contributed by atoms with E-state index < -0.39 is 0 Å². The molecule has 1 aromatic heterocycles. The molecule has 3 nitrogen and oxygen atoms in total. The van der Waals surface area contributed by atoms with Gasteiger partial charge in [0.2, 0.25) is 0 Å². The second kappa shape index (κ2) is 4.10. The van der Waals surface area contributed by atoms with Crippen molar-refractivity contribution in [1.29, 1.82) is 0 Å². The third-order valence-corrected chi connectivity index (χ3v) is 2.69. The molecule has 0 saturated carbocycles. The van der Waals surface area contributed by atoms with Crippen molar-refractivity contribution in [1.82, 2.24) is 9.55 Å². The summed E-state index contributed by atoms with van der Waals surface area (Å²) in [6.45, 7) is 0.484. The van der Waals surface area contributed by atoms with Crippen molar-refractivity contribution < 1.29 is 0 Å². The first kappa shape index (κ1) is 9.67. The van der Waals surface area contributed by atoms with Crippen LogP contribution in [0, 0.1) is 3.57 Å². The van der Waals surface area contributed by atoms with Crippen LogP contribution in [0.4, 0.5) is 0 Å². The lowest BCUT2D eigenvalue weighted by Gasteiger charge is -2.00. The first-order chi connectivity index (χ1) is 6.79. The quantitative estimate of drug-likeness (QED) is 0.861. The maximum absolute atomic E-state index is 5.49. The Bertz CT molecular complexity index is 419. The van der Waals surface area contributed by atoms with Gasteiger partial charge in [-0.1, -0.05) is 0 Å². The van der Waals surface area contributed by atoms with Gasteiger partial charge in [-0.15, -0.1) is 0 Å². The minimum Gasteiger partial charge on any atom is -0.325 e. The van der Waals surface area contributed by atoms with Crippen molar-refractivity contribution in [2.45, 2.75) is 6.54 Å². The zero-order valence-electron chi connectivity index (χ0n) is 7.52. The van der Waals surface area contributed by atoms with Crippen LogP contribution in [-0.2, 0) is 6.54 Å². The lowest BCUT2D eigenvalue weighted by Crippen LogP contribution is -1.95. The summed E-state index contributed by atoms with van der Waals surface area (Å²) in [5.74, 6) is 0. The molecule has 0 aliphatic rings. The highest BCUT2D eigenvalue weighted by Gasteiger charge is 1.98. The topological polar surface area (TPSA) is 43.8 Å². The van der Waals surface area contributed by atoms with Crippen molar-refractivity contribution in [3.05, 3.63) is 46.1 Å². The molecule has 0 amide bonds. The molecular weight excluding hydrogens is 289 g/mol. The van der Waals surface area contributed by atoms with Gasteiger partial charge in [-0.3, -0.25) is 0 Å². The molecule has 0 aliphatic carbocycles. The lowest BCUT2D eigenvalue weighted by molar-refractivity contribution is 1.01. The summed E-state index contributed by atoms with van der Waals surface area (Å²) in [5, 5.41) is 0. The average Bonchev–Trinajstić information content (AvgIpc) is 2.67. The van der Waals surface area contributed by atoms with Crippen LogP contribution in [0.25, 0.3) is 5.69 Å². The lowest BCUT2D eigenvalue weighted by atomic mass is 10.3. The Morgan fingerprint density at radius 1 is 1.29 bits per heavy atom. The van der Waals surface area contributed by atoms with Gasteiger partial charge in [0.15, 0.2) is 0 Å². The predicted octanol–water partition coefficient (Wildman–Crippen LogP) is 1.94. The van der Waals surface area contributed by atoms with Gasteiger partial charge in [0.1, 0.15) is 0 Å². The molecule has 0 unspecified atom stereocenters. The zero-order valence-corrected chi connectivity index (χ0v) is 9.68. The highest BCUT2D eigenvalue weighted by molar-refractivity contribution is 14.1. The fourth-order valence-electron chi connectivity index (χ4n) is 1.22. The minimum absolute atomic E-state index is 0.484. The van der Waals surface area contributed by atoms with Crippen molar-refractivity contribution in [3.8, 4) is 5.69 Å². The highest BCUT2D eigenvalue weighted by atomic mass is 127. The van der Waals surface area contributed by atoms with E-state index in [1.165, 1.54) is 3.57 Å². The van der Waals surface area contributed by atoms with E-state index in [2.05, 4.69) is 51.8 Å². The van der Waals surface area contributed by atoms with Crippen molar-refractivity contribution in [2.75, 3.05) is 0 Å². The standard InChI is InChI=1S/C10H10IN3/c11-8-1-3-10(4-2-8)14-6-9(5-12)13-7-14/h1-4,6-7H,5,12H2. The normalized spacial score (nSPS) is 10.4.